The van der Waals surface area contributed by atoms with E-state index in [1.165, 1.54) is 0 Å². The Kier molecular flexibility index (Phi) is 3.19. The quantitative estimate of drug-likeness (QED) is 0.612. The number of carbonyl (C=O) groups excluding carboxylic acids is 1. The van der Waals surface area contributed by atoms with Gasteiger partial charge in [-0.15, -0.1) is 0 Å². The lowest BCUT2D eigenvalue weighted by Gasteiger charge is -2.14. The Balaban J connectivity index is 2.54. The highest BCUT2D eigenvalue weighted by Gasteiger charge is 2.45. The lowest BCUT2D eigenvalue weighted by molar-refractivity contribution is 0.555. The standard InChI is InChI=1S/C13H13BrFNO/c1-8(2)10-5-9(6-11(14)12(10)15)13(3-4-13)16-7-17/h5-6,8H,3-4H2,1-2H3. The minimum atomic E-state index is -0.443. The van der Waals surface area contributed by atoms with Crippen molar-refractivity contribution in [3.05, 3.63) is 33.5 Å². The van der Waals surface area contributed by atoms with E-state index in [4.69, 9.17) is 0 Å². The third-order valence-corrected chi connectivity index (χ3v) is 3.78. The number of nitrogens with zero attached hydrogens (tertiary/aromatic N) is 1. The van der Waals surface area contributed by atoms with Crippen molar-refractivity contribution in [3.63, 3.8) is 0 Å². The van der Waals surface area contributed by atoms with Crippen molar-refractivity contribution in [1.82, 2.24) is 0 Å². The third kappa shape index (κ3) is 2.20. The third-order valence-electron chi connectivity index (χ3n) is 3.20. The number of aliphatic imine (C=N–C) groups is 1. The molecule has 0 N–H and O–H groups in total. The summed E-state index contributed by atoms with van der Waals surface area (Å²) in [6.45, 7) is 3.88. The van der Waals surface area contributed by atoms with Gasteiger partial charge in [0, 0.05) is 0 Å². The zero-order valence-electron chi connectivity index (χ0n) is 9.76. The molecule has 0 radical (unpaired) electrons. The first kappa shape index (κ1) is 12.5. The van der Waals surface area contributed by atoms with Gasteiger partial charge in [-0.3, -0.25) is 0 Å². The van der Waals surface area contributed by atoms with Crippen molar-refractivity contribution in [2.24, 2.45) is 4.99 Å². The number of hydrogen-bond donors (Lipinski definition) is 0. The minimum Gasteiger partial charge on any atom is -0.211 e. The molecule has 2 nitrogen and oxygen atoms in total. The molecule has 0 bridgehead atoms. The van der Waals surface area contributed by atoms with Crippen molar-refractivity contribution in [1.29, 1.82) is 0 Å². The Hall–Kier alpha value is -0.990. The highest BCUT2D eigenvalue weighted by molar-refractivity contribution is 9.10. The average Bonchev–Trinajstić information content (AvgIpc) is 3.03. The van der Waals surface area contributed by atoms with E-state index < -0.39 is 5.54 Å². The minimum absolute atomic E-state index is 0.0993. The number of benzene rings is 1. The van der Waals surface area contributed by atoms with E-state index in [0.29, 0.717) is 10.0 Å². The van der Waals surface area contributed by atoms with Crippen molar-refractivity contribution in [2.45, 2.75) is 38.1 Å². The fraction of sp³-hybridized carbons (Fsp3) is 0.462. The second kappa shape index (κ2) is 4.35. The number of rotatable bonds is 3. The molecule has 1 aliphatic rings. The van der Waals surface area contributed by atoms with Gasteiger partial charge in [0.2, 0.25) is 6.08 Å². The van der Waals surface area contributed by atoms with Crippen LogP contribution in [-0.4, -0.2) is 6.08 Å². The second-order valence-electron chi connectivity index (χ2n) is 4.75. The summed E-state index contributed by atoms with van der Waals surface area (Å²) in [7, 11) is 0. The first-order valence-electron chi connectivity index (χ1n) is 5.58. The van der Waals surface area contributed by atoms with E-state index in [1.807, 2.05) is 19.9 Å². The van der Waals surface area contributed by atoms with E-state index in [1.54, 1.807) is 12.1 Å². The summed E-state index contributed by atoms with van der Waals surface area (Å²) in [5.74, 6) is -0.128. The molecule has 0 aromatic heterocycles. The van der Waals surface area contributed by atoms with Crippen LogP contribution in [0.2, 0.25) is 0 Å². The molecule has 0 spiro atoms. The lowest BCUT2D eigenvalue weighted by atomic mass is 9.96. The van der Waals surface area contributed by atoms with Gasteiger partial charge in [-0.05, 0) is 51.9 Å². The molecule has 4 heteroatoms. The Bertz CT molecular complexity index is 502. The summed E-state index contributed by atoms with van der Waals surface area (Å²) in [6.07, 6.45) is 3.28. The predicted molar refractivity (Wildman–Crippen MR) is 67.2 cm³/mol. The molecule has 1 fully saturated rings. The number of isocyanates is 1. The van der Waals surface area contributed by atoms with Gasteiger partial charge in [-0.25, -0.2) is 9.18 Å². The van der Waals surface area contributed by atoms with Crippen molar-refractivity contribution < 1.29 is 9.18 Å². The molecule has 0 atom stereocenters. The van der Waals surface area contributed by atoms with Crippen LogP contribution in [0, 0.1) is 5.82 Å². The van der Waals surface area contributed by atoms with Crippen LogP contribution in [0.4, 0.5) is 4.39 Å². The van der Waals surface area contributed by atoms with Crippen molar-refractivity contribution in [2.75, 3.05) is 0 Å². The number of hydrogen-bond acceptors (Lipinski definition) is 2. The normalized spacial score (nSPS) is 16.8. The van der Waals surface area contributed by atoms with Crippen LogP contribution in [0.15, 0.2) is 21.6 Å². The van der Waals surface area contributed by atoms with Crippen LogP contribution < -0.4 is 0 Å². The van der Waals surface area contributed by atoms with E-state index in [-0.39, 0.29) is 11.7 Å². The topological polar surface area (TPSA) is 29.4 Å². The van der Waals surface area contributed by atoms with Crippen molar-refractivity contribution in [3.8, 4) is 0 Å². The summed E-state index contributed by atoms with van der Waals surface area (Å²) in [5.41, 5.74) is 1.11. The Labute approximate surface area is 108 Å². The second-order valence-corrected chi connectivity index (χ2v) is 5.60. The lowest BCUT2D eigenvalue weighted by Crippen LogP contribution is -2.06. The highest BCUT2D eigenvalue weighted by Crippen LogP contribution is 2.50. The van der Waals surface area contributed by atoms with E-state index in [0.717, 1.165) is 18.4 Å². The monoisotopic (exact) mass is 297 g/mol. The van der Waals surface area contributed by atoms with Crippen LogP contribution in [0.5, 0.6) is 0 Å². The molecule has 1 saturated carbocycles. The van der Waals surface area contributed by atoms with E-state index in [9.17, 15) is 9.18 Å². The smallest absolute Gasteiger partial charge is 0.211 e. The summed E-state index contributed by atoms with van der Waals surface area (Å²) in [5, 5.41) is 0. The van der Waals surface area contributed by atoms with Gasteiger partial charge in [0.15, 0.2) is 0 Å². The summed E-state index contributed by atoms with van der Waals surface area (Å²) in [6, 6.07) is 3.54. The highest BCUT2D eigenvalue weighted by atomic mass is 79.9. The van der Waals surface area contributed by atoms with Crippen LogP contribution in [0.25, 0.3) is 0 Å². The van der Waals surface area contributed by atoms with Crippen LogP contribution >= 0.6 is 15.9 Å². The van der Waals surface area contributed by atoms with Gasteiger partial charge in [-0.1, -0.05) is 19.9 Å². The molecule has 2 rings (SSSR count). The molecule has 0 aliphatic heterocycles. The zero-order valence-corrected chi connectivity index (χ0v) is 11.3. The molecule has 1 aromatic rings. The molecule has 0 unspecified atom stereocenters. The summed E-state index contributed by atoms with van der Waals surface area (Å²) < 4.78 is 14.3. The maximum absolute atomic E-state index is 13.9. The van der Waals surface area contributed by atoms with E-state index in [2.05, 4.69) is 20.9 Å². The van der Waals surface area contributed by atoms with Gasteiger partial charge in [0.25, 0.3) is 0 Å². The number of halogens is 2. The molecule has 1 aromatic carbocycles. The Morgan fingerprint density at radius 2 is 2.12 bits per heavy atom. The molecular formula is C13H13BrFNO. The fourth-order valence-corrected chi connectivity index (χ4v) is 2.45. The first-order chi connectivity index (χ1) is 8.00. The van der Waals surface area contributed by atoms with Crippen molar-refractivity contribution >= 4 is 22.0 Å². The molecule has 90 valence electrons. The van der Waals surface area contributed by atoms with E-state index >= 15 is 0 Å². The van der Waals surface area contributed by atoms with Gasteiger partial charge < -0.3 is 0 Å². The zero-order chi connectivity index (χ0) is 12.6. The van der Waals surface area contributed by atoms with Crippen LogP contribution in [0.3, 0.4) is 0 Å². The Morgan fingerprint density at radius 1 is 1.47 bits per heavy atom. The molecule has 0 saturated heterocycles. The SMILES string of the molecule is CC(C)c1cc(C2(N=C=O)CC2)cc(Br)c1F. The van der Waals surface area contributed by atoms with Gasteiger partial charge in [0.05, 0.1) is 10.0 Å². The summed E-state index contributed by atoms with van der Waals surface area (Å²) >= 11 is 3.22. The molecular weight excluding hydrogens is 285 g/mol. The fourth-order valence-electron chi connectivity index (χ4n) is 1.97. The van der Waals surface area contributed by atoms with Gasteiger partial charge in [0.1, 0.15) is 5.82 Å². The molecule has 17 heavy (non-hydrogen) atoms. The maximum atomic E-state index is 13.9. The molecule has 0 amide bonds. The predicted octanol–water partition coefficient (Wildman–Crippen LogP) is 4.04. The van der Waals surface area contributed by atoms with Crippen LogP contribution in [-0.2, 0) is 10.3 Å². The first-order valence-corrected chi connectivity index (χ1v) is 6.38. The average molecular weight is 298 g/mol. The molecule has 1 aliphatic carbocycles. The summed E-state index contributed by atoms with van der Waals surface area (Å²) in [4.78, 5) is 14.3. The maximum Gasteiger partial charge on any atom is 0.235 e. The van der Waals surface area contributed by atoms with Crippen LogP contribution in [0.1, 0.15) is 43.7 Å². The largest absolute Gasteiger partial charge is 0.235 e. The van der Waals surface area contributed by atoms with Gasteiger partial charge >= 0.3 is 0 Å². The Morgan fingerprint density at radius 3 is 2.59 bits per heavy atom. The molecule has 0 heterocycles. The van der Waals surface area contributed by atoms with Gasteiger partial charge in [-0.2, -0.15) is 4.99 Å².